The number of carbonyl (C=O) groups excluding carboxylic acids is 2. The van der Waals surface area contributed by atoms with Gasteiger partial charge in [-0.1, -0.05) is 6.92 Å². The van der Waals surface area contributed by atoms with E-state index in [2.05, 4.69) is 21.8 Å². The highest BCUT2D eigenvalue weighted by molar-refractivity contribution is 5.89. The van der Waals surface area contributed by atoms with E-state index in [1.807, 2.05) is 18.0 Å². The van der Waals surface area contributed by atoms with Gasteiger partial charge in [0.2, 0.25) is 11.8 Å². The number of imidazole rings is 1. The number of aromatic nitrogens is 2. The van der Waals surface area contributed by atoms with Crippen molar-refractivity contribution in [3.05, 3.63) is 18.2 Å². The highest BCUT2D eigenvalue weighted by Crippen LogP contribution is 2.26. The predicted octanol–water partition coefficient (Wildman–Crippen LogP) is 0.483. The number of likely N-dealkylation sites (tertiary alicyclic amines) is 1. The summed E-state index contributed by atoms with van der Waals surface area (Å²) in [5, 5.41) is 0. The van der Waals surface area contributed by atoms with Gasteiger partial charge >= 0.3 is 0 Å². The zero-order valence-electron chi connectivity index (χ0n) is 13.9. The van der Waals surface area contributed by atoms with Crippen LogP contribution in [0.2, 0.25) is 0 Å². The van der Waals surface area contributed by atoms with Gasteiger partial charge in [-0.25, -0.2) is 4.98 Å². The fraction of sp³-hybridized carbons (Fsp3) is 0.688. The average molecular weight is 319 g/mol. The molecule has 0 bridgehead atoms. The first-order valence-corrected chi connectivity index (χ1v) is 8.43. The van der Waals surface area contributed by atoms with Crippen LogP contribution in [0.4, 0.5) is 0 Å². The van der Waals surface area contributed by atoms with Gasteiger partial charge in [0.15, 0.2) is 0 Å². The van der Waals surface area contributed by atoms with Crippen molar-refractivity contribution in [2.45, 2.75) is 26.3 Å². The Morgan fingerprint density at radius 1 is 1.30 bits per heavy atom. The largest absolute Gasteiger partial charge is 0.347 e. The topological polar surface area (TPSA) is 72.5 Å². The van der Waals surface area contributed by atoms with Gasteiger partial charge in [0.25, 0.3) is 0 Å². The van der Waals surface area contributed by atoms with Crippen LogP contribution < -0.4 is 0 Å². The first kappa shape index (κ1) is 16.0. The van der Waals surface area contributed by atoms with Crippen LogP contribution in [-0.2, 0) is 9.59 Å². The fourth-order valence-corrected chi connectivity index (χ4v) is 3.62. The molecule has 2 unspecified atom stereocenters. The molecule has 0 spiro atoms. The molecule has 2 aliphatic heterocycles. The first-order chi connectivity index (χ1) is 11.1. The molecule has 3 heterocycles. The summed E-state index contributed by atoms with van der Waals surface area (Å²) in [5.41, 5.74) is 0. The van der Waals surface area contributed by atoms with E-state index >= 15 is 0 Å². The first-order valence-electron chi connectivity index (χ1n) is 8.43. The lowest BCUT2D eigenvalue weighted by atomic mass is 10.0. The van der Waals surface area contributed by atoms with Crippen LogP contribution in [0.3, 0.4) is 0 Å². The molecule has 0 saturated carbocycles. The van der Waals surface area contributed by atoms with E-state index in [1.165, 1.54) is 0 Å². The van der Waals surface area contributed by atoms with Crippen LogP contribution in [0, 0.1) is 5.92 Å². The van der Waals surface area contributed by atoms with Crippen molar-refractivity contribution >= 4 is 11.8 Å². The summed E-state index contributed by atoms with van der Waals surface area (Å²) in [4.78, 5) is 38.3. The van der Waals surface area contributed by atoms with Gasteiger partial charge < -0.3 is 14.8 Å². The van der Waals surface area contributed by atoms with Crippen molar-refractivity contribution in [1.82, 2.24) is 24.7 Å². The monoisotopic (exact) mass is 319 g/mol. The smallest absolute Gasteiger partial charge is 0.228 e. The van der Waals surface area contributed by atoms with Gasteiger partial charge in [-0.2, -0.15) is 0 Å². The Bertz CT molecular complexity index is 559. The second-order valence-electron chi connectivity index (χ2n) is 6.24. The molecule has 23 heavy (non-hydrogen) atoms. The van der Waals surface area contributed by atoms with Crippen LogP contribution in [0.1, 0.15) is 32.1 Å². The molecule has 2 amide bonds. The summed E-state index contributed by atoms with van der Waals surface area (Å²) in [5.74, 6) is 0.928. The number of amides is 2. The number of aromatic amines is 1. The number of hydrogen-bond donors (Lipinski definition) is 1. The number of piperazine rings is 1. The third-order valence-electron chi connectivity index (χ3n) is 4.99. The number of nitrogens with zero attached hydrogens (tertiary/aromatic N) is 4. The molecule has 0 aliphatic carbocycles. The zero-order chi connectivity index (χ0) is 16.4. The number of likely N-dealkylation sites (N-methyl/N-ethyl adjacent to an activating group) is 1. The van der Waals surface area contributed by atoms with Crippen LogP contribution >= 0.6 is 0 Å². The van der Waals surface area contributed by atoms with Crippen molar-refractivity contribution < 1.29 is 9.59 Å². The Hall–Kier alpha value is -1.89. The molecular weight excluding hydrogens is 294 g/mol. The lowest BCUT2D eigenvalue weighted by Gasteiger charge is -2.40. The lowest BCUT2D eigenvalue weighted by molar-refractivity contribution is -0.138. The number of nitrogens with one attached hydrogen (secondary N) is 1. The van der Waals surface area contributed by atoms with Crippen molar-refractivity contribution in [2.24, 2.45) is 5.92 Å². The number of hydrogen-bond acceptors (Lipinski definition) is 4. The zero-order valence-corrected chi connectivity index (χ0v) is 13.9. The molecule has 3 rings (SSSR count). The fourth-order valence-electron chi connectivity index (χ4n) is 3.62. The molecule has 2 saturated heterocycles. The quantitative estimate of drug-likeness (QED) is 0.876. The van der Waals surface area contributed by atoms with E-state index < -0.39 is 0 Å². The summed E-state index contributed by atoms with van der Waals surface area (Å²) in [6.07, 6.45) is 3.92. The standard InChI is InChI=1S/C16H25N5O2/c1-3-19-7-8-21(11-13(19)15-17-5-6-18-15)16(23)12-9-14(22)20(4-2)10-12/h5-6,12-13H,3-4,7-11H2,1-2H3,(H,17,18). The molecule has 2 aliphatic rings. The molecule has 2 atom stereocenters. The number of H-pyrrole nitrogens is 1. The van der Waals surface area contributed by atoms with E-state index in [0.717, 1.165) is 25.5 Å². The van der Waals surface area contributed by atoms with Gasteiger partial charge in [-0.15, -0.1) is 0 Å². The SMILES string of the molecule is CCN1CC(C(=O)N2CCN(CC)C(c3ncc[nH]3)C2)CC1=O. The summed E-state index contributed by atoms with van der Waals surface area (Å²) >= 11 is 0. The summed E-state index contributed by atoms with van der Waals surface area (Å²) in [7, 11) is 0. The summed E-state index contributed by atoms with van der Waals surface area (Å²) < 4.78 is 0. The van der Waals surface area contributed by atoms with Gasteiger partial charge in [-0.3, -0.25) is 14.5 Å². The Kier molecular flexibility index (Phi) is 4.66. The second-order valence-corrected chi connectivity index (χ2v) is 6.24. The van der Waals surface area contributed by atoms with Crippen molar-refractivity contribution in [3.8, 4) is 0 Å². The second kappa shape index (κ2) is 6.70. The minimum Gasteiger partial charge on any atom is -0.347 e. The van der Waals surface area contributed by atoms with Gasteiger partial charge in [0.05, 0.1) is 12.0 Å². The Morgan fingerprint density at radius 3 is 2.74 bits per heavy atom. The van der Waals surface area contributed by atoms with E-state index in [9.17, 15) is 9.59 Å². The van der Waals surface area contributed by atoms with Crippen LogP contribution in [0.25, 0.3) is 0 Å². The summed E-state index contributed by atoms with van der Waals surface area (Å²) in [6.45, 7) is 8.46. The molecule has 1 aromatic heterocycles. The van der Waals surface area contributed by atoms with E-state index in [4.69, 9.17) is 0 Å². The summed E-state index contributed by atoms with van der Waals surface area (Å²) in [6, 6.07) is 0.104. The molecule has 1 N–H and O–H groups in total. The van der Waals surface area contributed by atoms with Gasteiger partial charge in [0.1, 0.15) is 5.82 Å². The van der Waals surface area contributed by atoms with E-state index in [0.29, 0.717) is 26.1 Å². The number of carbonyl (C=O) groups is 2. The molecule has 1 aromatic rings. The molecule has 0 aromatic carbocycles. The molecule has 2 fully saturated rings. The average Bonchev–Trinajstić information content (AvgIpc) is 3.23. The third-order valence-corrected chi connectivity index (χ3v) is 4.99. The predicted molar refractivity (Wildman–Crippen MR) is 85.5 cm³/mol. The molecule has 0 radical (unpaired) electrons. The maximum absolute atomic E-state index is 12.8. The minimum absolute atomic E-state index is 0.0978. The van der Waals surface area contributed by atoms with Crippen LogP contribution in [0.15, 0.2) is 12.4 Å². The number of rotatable bonds is 4. The van der Waals surface area contributed by atoms with Crippen molar-refractivity contribution in [3.63, 3.8) is 0 Å². The lowest BCUT2D eigenvalue weighted by Crippen LogP contribution is -2.52. The van der Waals surface area contributed by atoms with E-state index in [1.54, 1.807) is 11.1 Å². The molecule has 7 nitrogen and oxygen atoms in total. The van der Waals surface area contributed by atoms with Crippen LogP contribution in [-0.4, -0.2) is 75.8 Å². The Morgan fingerprint density at radius 2 is 2.13 bits per heavy atom. The normalized spacial score (nSPS) is 26.1. The van der Waals surface area contributed by atoms with E-state index in [-0.39, 0.29) is 23.8 Å². The Labute approximate surface area is 136 Å². The maximum Gasteiger partial charge on any atom is 0.228 e. The molecular formula is C16H25N5O2. The highest BCUT2D eigenvalue weighted by atomic mass is 16.2. The van der Waals surface area contributed by atoms with Crippen LogP contribution in [0.5, 0.6) is 0 Å². The van der Waals surface area contributed by atoms with Gasteiger partial charge in [0, 0.05) is 51.5 Å². The minimum atomic E-state index is -0.187. The van der Waals surface area contributed by atoms with Crippen molar-refractivity contribution in [1.29, 1.82) is 0 Å². The molecule has 126 valence electrons. The Balaban J connectivity index is 1.69. The maximum atomic E-state index is 12.8. The molecule has 7 heteroatoms. The third kappa shape index (κ3) is 3.10. The highest BCUT2D eigenvalue weighted by Gasteiger charge is 2.38. The van der Waals surface area contributed by atoms with Gasteiger partial charge in [-0.05, 0) is 13.5 Å². The van der Waals surface area contributed by atoms with Crippen molar-refractivity contribution in [2.75, 3.05) is 39.3 Å².